The summed E-state index contributed by atoms with van der Waals surface area (Å²) < 4.78 is 16.9. The second kappa shape index (κ2) is 10.2. The van der Waals surface area contributed by atoms with Crippen LogP contribution in [0, 0.1) is 0 Å². The van der Waals surface area contributed by atoms with Crippen LogP contribution in [-0.2, 0) is 11.3 Å². The molecule has 2 aliphatic heterocycles. The maximum Gasteiger partial charge on any atom is 0.231 e. The largest absolute Gasteiger partial charge is 0.457 e. The van der Waals surface area contributed by atoms with Crippen molar-refractivity contribution in [2.45, 2.75) is 12.7 Å². The predicted molar refractivity (Wildman–Crippen MR) is 135 cm³/mol. The molecule has 1 saturated heterocycles. The van der Waals surface area contributed by atoms with Crippen molar-refractivity contribution in [3.63, 3.8) is 0 Å². The molecular weight excluding hydrogens is 444 g/mol. The molecule has 182 valence electrons. The molecule has 0 bridgehead atoms. The van der Waals surface area contributed by atoms with Crippen LogP contribution in [0.4, 0.5) is 11.4 Å². The predicted octanol–water partition coefficient (Wildman–Crippen LogP) is 3.57. The van der Waals surface area contributed by atoms with E-state index in [1.165, 1.54) is 5.56 Å². The average Bonchev–Trinajstić information content (AvgIpc) is 3.35. The Morgan fingerprint density at radius 2 is 1.71 bits per heavy atom. The molecule has 35 heavy (non-hydrogen) atoms. The number of fused-ring (bicyclic) bond motifs is 1. The van der Waals surface area contributed by atoms with Gasteiger partial charge in [-0.3, -0.25) is 9.80 Å². The number of carbonyl (C=O) groups is 1. The van der Waals surface area contributed by atoms with Crippen LogP contribution in [0.2, 0.25) is 0 Å². The van der Waals surface area contributed by atoms with Gasteiger partial charge in [-0.2, -0.15) is 0 Å². The maximum absolute atomic E-state index is 11.4. The summed E-state index contributed by atoms with van der Waals surface area (Å²) in [6.45, 7) is 4.01. The van der Waals surface area contributed by atoms with Crippen LogP contribution in [-0.4, -0.2) is 62.3 Å². The summed E-state index contributed by atoms with van der Waals surface area (Å²) in [7, 11) is 2.07. The number of nitrogen functional groups attached to an aromatic ring is 1. The maximum atomic E-state index is 11.4. The summed E-state index contributed by atoms with van der Waals surface area (Å²) in [5, 5.41) is 0. The van der Waals surface area contributed by atoms with Crippen molar-refractivity contribution in [1.29, 1.82) is 0 Å². The van der Waals surface area contributed by atoms with E-state index in [0.29, 0.717) is 12.2 Å². The minimum atomic E-state index is 0.0619. The van der Waals surface area contributed by atoms with E-state index in [-0.39, 0.29) is 13.0 Å². The summed E-state index contributed by atoms with van der Waals surface area (Å²) >= 11 is 0. The van der Waals surface area contributed by atoms with Crippen molar-refractivity contribution in [1.82, 2.24) is 9.80 Å². The van der Waals surface area contributed by atoms with Crippen LogP contribution >= 0.6 is 0 Å². The summed E-state index contributed by atoms with van der Waals surface area (Å²) in [5.41, 5.74) is 8.69. The third-order valence-electron chi connectivity index (χ3n) is 6.51. The van der Waals surface area contributed by atoms with Gasteiger partial charge in [0.05, 0.1) is 12.7 Å². The molecule has 5 rings (SSSR count). The van der Waals surface area contributed by atoms with Gasteiger partial charge in [0, 0.05) is 44.6 Å². The first-order valence-electron chi connectivity index (χ1n) is 11.7. The fraction of sp³-hybridized carbons (Fsp3) is 0.296. The molecule has 1 unspecified atom stereocenters. The Morgan fingerprint density at radius 1 is 1.00 bits per heavy atom. The number of nitrogens with zero attached hydrogens (tertiary/aromatic N) is 3. The summed E-state index contributed by atoms with van der Waals surface area (Å²) in [6, 6.07) is 21.5. The molecule has 2 N–H and O–H groups in total. The average molecular weight is 475 g/mol. The second-order valence-corrected chi connectivity index (χ2v) is 8.84. The minimum absolute atomic E-state index is 0.0619. The molecule has 3 aromatic carbocycles. The van der Waals surface area contributed by atoms with E-state index in [2.05, 4.69) is 33.9 Å². The lowest BCUT2D eigenvalue weighted by Crippen LogP contribution is -2.59. The Morgan fingerprint density at radius 3 is 2.46 bits per heavy atom. The first-order valence-corrected chi connectivity index (χ1v) is 11.7. The number of hydrogen-bond donors (Lipinski definition) is 1. The number of anilines is 2. The van der Waals surface area contributed by atoms with Gasteiger partial charge in [-0.05, 0) is 66.2 Å². The van der Waals surface area contributed by atoms with Crippen molar-refractivity contribution >= 4 is 17.7 Å². The summed E-state index contributed by atoms with van der Waals surface area (Å²) in [6.07, 6.45) is 1.05. The molecule has 0 aromatic heterocycles. The number of hydrogen-bond acceptors (Lipinski definition) is 8. The Balaban J connectivity index is 1.27. The zero-order valence-electron chi connectivity index (χ0n) is 19.8. The highest BCUT2D eigenvalue weighted by atomic mass is 16.7. The molecule has 0 spiro atoms. The van der Waals surface area contributed by atoms with Gasteiger partial charge in [-0.15, -0.1) is 0 Å². The molecule has 0 amide bonds. The van der Waals surface area contributed by atoms with Crippen LogP contribution in [0.5, 0.6) is 23.0 Å². The quantitative estimate of drug-likeness (QED) is 0.392. The summed E-state index contributed by atoms with van der Waals surface area (Å²) in [5.74, 6) is 3.09. The van der Waals surface area contributed by atoms with E-state index in [1.54, 1.807) is 0 Å². The van der Waals surface area contributed by atoms with Gasteiger partial charge in [-0.25, -0.2) is 0 Å². The smallest absolute Gasteiger partial charge is 0.231 e. The van der Waals surface area contributed by atoms with Crippen LogP contribution < -0.4 is 24.8 Å². The molecule has 2 heterocycles. The number of ether oxygens (including phenoxy) is 3. The van der Waals surface area contributed by atoms with E-state index in [4.69, 9.17) is 19.9 Å². The zero-order valence-corrected chi connectivity index (χ0v) is 19.8. The lowest BCUT2D eigenvalue weighted by molar-refractivity contribution is -0.110. The molecule has 0 radical (unpaired) electrons. The number of nitrogens with two attached hydrogens (primary N) is 1. The van der Waals surface area contributed by atoms with Gasteiger partial charge in [-0.1, -0.05) is 6.07 Å². The highest BCUT2D eigenvalue weighted by molar-refractivity contribution is 5.54. The van der Waals surface area contributed by atoms with Gasteiger partial charge in [0.25, 0.3) is 0 Å². The molecular formula is C27H30N4O4. The second-order valence-electron chi connectivity index (χ2n) is 8.84. The van der Waals surface area contributed by atoms with Crippen LogP contribution in [0.3, 0.4) is 0 Å². The standard InChI is InChI=1S/C27H30N4O4/c1-29(22-5-9-24(10-6-22)35-23-7-3-21(28)4-8-23)27-18-30(12-13-31(27)14-15-32)17-20-2-11-25-26(16-20)34-19-33-25/h2-11,15-16,27H,12-14,17-19,28H2,1H3. The SMILES string of the molecule is CN(c1ccc(Oc2ccc(N)cc2)cc1)C1CN(Cc2ccc3c(c2)OCO3)CCN1CC=O. The fourth-order valence-corrected chi connectivity index (χ4v) is 4.57. The minimum Gasteiger partial charge on any atom is -0.457 e. The number of carbonyl (C=O) groups excluding carboxylic acids is 1. The third kappa shape index (κ3) is 5.34. The first kappa shape index (κ1) is 23.0. The van der Waals surface area contributed by atoms with E-state index in [0.717, 1.165) is 61.2 Å². The fourth-order valence-electron chi connectivity index (χ4n) is 4.57. The number of likely N-dealkylation sites (N-methyl/N-ethyl adjacent to an activating group) is 1. The molecule has 1 fully saturated rings. The van der Waals surface area contributed by atoms with Gasteiger partial charge < -0.3 is 29.6 Å². The number of benzene rings is 3. The number of rotatable bonds is 8. The Hall–Kier alpha value is -3.75. The van der Waals surface area contributed by atoms with Crippen molar-refractivity contribution < 1.29 is 19.0 Å². The molecule has 0 aliphatic carbocycles. The van der Waals surface area contributed by atoms with E-state index >= 15 is 0 Å². The van der Waals surface area contributed by atoms with E-state index in [1.807, 2.05) is 54.6 Å². The lowest BCUT2D eigenvalue weighted by Gasteiger charge is -2.45. The number of piperazine rings is 1. The van der Waals surface area contributed by atoms with Gasteiger partial charge in [0.2, 0.25) is 6.79 Å². The monoisotopic (exact) mass is 474 g/mol. The van der Waals surface area contributed by atoms with Crippen molar-refractivity contribution in [2.75, 3.05) is 50.7 Å². The van der Waals surface area contributed by atoms with Crippen LogP contribution in [0.25, 0.3) is 0 Å². The molecule has 8 nitrogen and oxygen atoms in total. The molecule has 8 heteroatoms. The normalized spacial score (nSPS) is 17.8. The van der Waals surface area contributed by atoms with Gasteiger partial charge >= 0.3 is 0 Å². The first-order chi connectivity index (χ1) is 17.1. The lowest BCUT2D eigenvalue weighted by atomic mass is 10.1. The highest BCUT2D eigenvalue weighted by Crippen LogP contribution is 2.33. The highest BCUT2D eigenvalue weighted by Gasteiger charge is 2.30. The molecule has 1 atom stereocenters. The van der Waals surface area contributed by atoms with Crippen LogP contribution in [0.1, 0.15) is 5.56 Å². The van der Waals surface area contributed by atoms with Crippen molar-refractivity contribution in [2.24, 2.45) is 0 Å². The molecule has 0 saturated carbocycles. The molecule has 2 aliphatic rings. The molecule has 3 aromatic rings. The van der Waals surface area contributed by atoms with E-state index in [9.17, 15) is 4.79 Å². The van der Waals surface area contributed by atoms with Gasteiger partial charge in [0.1, 0.15) is 17.8 Å². The Labute approximate surface area is 205 Å². The van der Waals surface area contributed by atoms with Crippen molar-refractivity contribution in [3.8, 4) is 23.0 Å². The zero-order chi connectivity index (χ0) is 24.2. The van der Waals surface area contributed by atoms with E-state index < -0.39 is 0 Å². The topological polar surface area (TPSA) is 80.5 Å². The van der Waals surface area contributed by atoms with Crippen molar-refractivity contribution in [3.05, 3.63) is 72.3 Å². The summed E-state index contributed by atoms with van der Waals surface area (Å²) in [4.78, 5) is 18.2. The van der Waals surface area contributed by atoms with Gasteiger partial charge in [0.15, 0.2) is 11.5 Å². The Bertz CT molecular complexity index is 1150. The van der Waals surface area contributed by atoms with Crippen LogP contribution in [0.15, 0.2) is 66.7 Å². The Kier molecular flexibility index (Phi) is 6.74. The number of aldehydes is 1. The third-order valence-corrected chi connectivity index (χ3v) is 6.51.